The fourth-order valence-electron chi connectivity index (χ4n) is 2.51. The van der Waals surface area contributed by atoms with Crippen molar-refractivity contribution in [2.24, 2.45) is 0 Å². The molecule has 15 nitrogen and oxygen atoms in total. The number of imidazole rings is 1. The van der Waals surface area contributed by atoms with Crippen LogP contribution in [0.2, 0.25) is 0 Å². The van der Waals surface area contributed by atoms with Crippen LogP contribution in [0.4, 0.5) is 5.95 Å². The van der Waals surface area contributed by atoms with Gasteiger partial charge in [-0.25, -0.2) is 9.55 Å². The van der Waals surface area contributed by atoms with Crippen molar-refractivity contribution in [2.45, 2.75) is 24.5 Å². The number of ether oxygens (including phenoxy) is 1. The Morgan fingerprint density at radius 2 is 2.15 bits per heavy atom. The third kappa shape index (κ3) is 4.06. The molecule has 17 heteroatoms. The SMILES string of the molecule is Nc1nc2c(ncn2C2OC(COP(=O)(O)O[P+](=O)O)[C@H](O)[C@@H]2O)c(=O)[nH]1. The molecule has 2 aromatic rings. The summed E-state index contributed by atoms with van der Waals surface area (Å²) in [7, 11) is -8.28. The molecule has 3 heterocycles. The predicted octanol–water partition coefficient (Wildman–Crippen LogP) is -1.90. The van der Waals surface area contributed by atoms with E-state index in [1.165, 1.54) is 0 Å². The number of aromatic nitrogens is 4. The van der Waals surface area contributed by atoms with Crippen LogP contribution in [0.25, 0.3) is 11.2 Å². The lowest BCUT2D eigenvalue weighted by atomic mass is 10.1. The Labute approximate surface area is 149 Å². The molecule has 4 unspecified atom stereocenters. The minimum atomic E-state index is -4.88. The summed E-state index contributed by atoms with van der Waals surface area (Å²) in [5, 5.41) is 20.3. The molecular weight excluding hydrogens is 412 g/mol. The first-order valence-corrected chi connectivity index (χ1v) is 9.79. The van der Waals surface area contributed by atoms with Crippen LogP contribution < -0.4 is 11.3 Å². The Hall–Kier alpha value is -1.80. The monoisotopic (exact) mass is 426 g/mol. The van der Waals surface area contributed by atoms with E-state index in [0.717, 1.165) is 10.9 Å². The first kappa shape index (κ1) is 19.9. The number of aromatic amines is 1. The van der Waals surface area contributed by atoms with E-state index in [1.54, 1.807) is 0 Å². The molecule has 7 N–H and O–H groups in total. The molecule has 3 rings (SSSR count). The number of anilines is 1. The highest BCUT2D eigenvalue weighted by Gasteiger charge is 2.46. The van der Waals surface area contributed by atoms with Crippen LogP contribution in [-0.4, -0.2) is 64.4 Å². The number of rotatable bonds is 6. The predicted molar refractivity (Wildman–Crippen MR) is 85.2 cm³/mol. The van der Waals surface area contributed by atoms with Crippen LogP contribution in [0.3, 0.4) is 0 Å². The second-order valence-electron chi connectivity index (χ2n) is 5.41. The summed E-state index contributed by atoms with van der Waals surface area (Å²) in [4.78, 5) is 39.5. The molecule has 0 aliphatic carbocycles. The molecule has 1 saturated heterocycles. The average Bonchev–Trinajstić information content (AvgIpc) is 3.07. The van der Waals surface area contributed by atoms with Crippen LogP contribution >= 0.6 is 16.1 Å². The first-order valence-electron chi connectivity index (χ1n) is 7.16. The number of fused-ring (bicyclic) bond motifs is 1. The number of aliphatic hydroxyl groups excluding tert-OH is 2. The zero-order valence-electron chi connectivity index (χ0n) is 13.1. The van der Waals surface area contributed by atoms with E-state index in [9.17, 15) is 29.0 Å². The number of nitrogens with two attached hydrogens (primary N) is 1. The van der Waals surface area contributed by atoms with E-state index in [0.29, 0.717) is 0 Å². The lowest BCUT2D eigenvalue weighted by Crippen LogP contribution is -2.33. The number of nitrogen functional groups attached to an aromatic ring is 1. The molecule has 0 amide bonds. The van der Waals surface area contributed by atoms with Crippen molar-refractivity contribution in [2.75, 3.05) is 12.3 Å². The Bertz CT molecular complexity index is 977. The summed E-state index contributed by atoms with van der Waals surface area (Å²) in [6, 6.07) is 0. The van der Waals surface area contributed by atoms with Crippen molar-refractivity contribution in [3.63, 3.8) is 0 Å². The van der Waals surface area contributed by atoms with Gasteiger partial charge in [-0.3, -0.25) is 23.8 Å². The molecule has 1 aliphatic heterocycles. The van der Waals surface area contributed by atoms with Gasteiger partial charge in [0.15, 0.2) is 17.4 Å². The third-order valence-corrected chi connectivity index (χ3v) is 5.50. The van der Waals surface area contributed by atoms with Gasteiger partial charge < -0.3 is 20.7 Å². The quantitative estimate of drug-likeness (QED) is 0.277. The number of hydrogen-bond acceptors (Lipinski definition) is 11. The molecule has 1 fully saturated rings. The van der Waals surface area contributed by atoms with Gasteiger partial charge in [-0.1, -0.05) is 0 Å². The summed E-state index contributed by atoms with van der Waals surface area (Å²) >= 11 is 0. The lowest BCUT2D eigenvalue weighted by Gasteiger charge is -2.16. The van der Waals surface area contributed by atoms with Crippen LogP contribution in [0.15, 0.2) is 11.1 Å². The van der Waals surface area contributed by atoms with E-state index >= 15 is 0 Å². The molecule has 0 spiro atoms. The fourth-order valence-corrected chi connectivity index (χ4v) is 3.74. The highest BCUT2D eigenvalue weighted by atomic mass is 31.2. The summed E-state index contributed by atoms with van der Waals surface area (Å²) in [5.74, 6) is -0.210. The summed E-state index contributed by atoms with van der Waals surface area (Å²) in [6.45, 7) is -0.755. The van der Waals surface area contributed by atoms with E-state index in [-0.39, 0.29) is 17.1 Å². The highest BCUT2D eigenvalue weighted by molar-refractivity contribution is 7.55. The molecule has 0 bridgehead atoms. The van der Waals surface area contributed by atoms with E-state index in [1.807, 2.05) is 0 Å². The molecule has 0 aromatic carbocycles. The standard InChI is InChI=1S/C10H13N5O10P2/c11-10-13-7-4(8(18)14-10)12-2-15(7)9-6(17)5(16)3(24-9)1-23-27(21,22)25-26(19)20/h2-3,5-6,9,16-17H,1H2,(H4-,11,13,14,18,19,20,21,22)/p+1/t3?,5-,6-,9?/m0/s1. The molecule has 6 atom stereocenters. The Morgan fingerprint density at radius 3 is 2.81 bits per heavy atom. The fraction of sp³-hybridized carbons (Fsp3) is 0.500. The summed E-state index contributed by atoms with van der Waals surface area (Å²) in [6.07, 6.45) is -4.59. The Morgan fingerprint density at radius 1 is 1.44 bits per heavy atom. The smallest absolute Gasteiger partial charge is 0.387 e. The molecule has 148 valence electrons. The zero-order chi connectivity index (χ0) is 19.9. The maximum atomic E-state index is 11.8. The molecule has 0 saturated carbocycles. The minimum absolute atomic E-state index is 0.0255. The minimum Gasteiger partial charge on any atom is -0.387 e. The van der Waals surface area contributed by atoms with Gasteiger partial charge in [0, 0.05) is 4.57 Å². The van der Waals surface area contributed by atoms with Crippen molar-refractivity contribution in [1.29, 1.82) is 0 Å². The molecular formula is C10H14N5O10P2+. The number of phosphoric ester groups is 1. The number of H-pyrrole nitrogens is 1. The molecule has 1 aliphatic rings. The van der Waals surface area contributed by atoms with E-state index in [2.05, 4.69) is 23.8 Å². The topological polar surface area (TPSA) is 232 Å². The molecule has 27 heavy (non-hydrogen) atoms. The second kappa shape index (κ2) is 7.31. The van der Waals surface area contributed by atoms with Gasteiger partial charge in [-0.15, -0.1) is 4.89 Å². The maximum absolute atomic E-state index is 11.8. The first-order chi connectivity index (χ1) is 12.6. The number of phosphoric acid groups is 1. The van der Waals surface area contributed by atoms with Crippen molar-refractivity contribution in [3.8, 4) is 0 Å². The van der Waals surface area contributed by atoms with E-state index in [4.69, 9.17) is 15.4 Å². The molecule has 2 aromatic heterocycles. The summed E-state index contributed by atoms with van der Waals surface area (Å²) in [5.41, 5.74) is 4.74. The second-order valence-corrected chi connectivity index (χ2v) is 7.73. The van der Waals surface area contributed by atoms with Crippen molar-refractivity contribution >= 4 is 33.2 Å². The lowest BCUT2D eigenvalue weighted by molar-refractivity contribution is -0.0501. The average molecular weight is 426 g/mol. The van der Waals surface area contributed by atoms with Gasteiger partial charge in [0.2, 0.25) is 5.95 Å². The highest BCUT2D eigenvalue weighted by Crippen LogP contribution is 2.51. The van der Waals surface area contributed by atoms with Crippen LogP contribution in [-0.2, 0) is 22.7 Å². The Balaban J connectivity index is 1.80. The van der Waals surface area contributed by atoms with Gasteiger partial charge in [0.25, 0.3) is 5.56 Å². The summed E-state index contributed by atoms with van der Waals surface area (Å²) < 4.78 is 36.7. The van der Waals surface area contributed by atoms with Crippen molar-refractivity contribution in [3.05, 3.63) is 16.7 Å². The number of hydrogen-bond donors (Lipinski definition) is 6. The van der Waals surface area contributed by atoms with Crippen LogP contribution in [0.1, 0.15) is 6.23 Å². The van der Waals surface area contributed by atoms with Crippen molar-refractivity contribution < 1.29 is 42.7 Å². The molecule has 0 radical (unpaired) electrons. The third-order valence-electron chi connectivity index (χ3n) is 3.64. The van der Waals surface area contributed by atoms with Gasteiger partial charge in [0.1, 0.15) is 18.3 Å². The number of nitrogens with zero attached hydrogens (tertiary/aromatic N) is 3. The Kier molecular flexibility index (Phi) is 5.40. The largest absolute Gasteiger partial charge is 0.705 e. The van der Waals surface area contributed by atoms with Gasteiger partial charge in [-0.05, 0) is 4.31 Å². The van der Waals surface area contributed by atoms with Gasteiger partial charge >= 0.3 is 16.1 Å². The van der Waals surface area contributed by atoms with Gasteiger partial charge in [0.05, 0.1) is 12.9 Å². The zero-order valence-corrected chi connectivity index (χ0v) is 14.9. The van der Waals surface area contributed by atoms with Crippen LogP contribution in [0.5, 0.6) is 0 Å². The van der Waals surface area contributed by atoms with Crippen molar-refractivity contribution in [1.82, 2.24) is 19.5 Å². The number of aliphatic hydroxyl groups is 2. The van der Waals surface area contributed by atoms with Gasteiger partial charge in [-0.2, -0.15) is 4.98 Å². The van der Waals surface area contributed by atoms with Crippen LogP contribution in [0, 0.1) is 0 Å². The van der Waals surface area contributed by atoms with E-state index < -0.39 is 52.8 Å². The number of nitrogens with one attached hydrogen (secondary N) is 1. The normalized spacial score (nSPS) is 28.4. The maximum Gasteiger partial charge on any atom is 0.705 e.